The van der Waals surface area contributed by atoms with Gasteiger partial charge < -0.3 is 15.2 Å². The highest BCUT2D eigenvalue weighted by Crippen LogP contribution is 2.42. The molecule has 2 aliphatic rings. The van der Waals surface area contributed by atoms with Crippen LogP contribution in [-0.4, -0.2) is 37.6 Å². The summed E-state index contributed by atoms with van der Waals surface area (Å²) in [5.74, 6) is 1.33. The average molecular weight is 284 g/mol. The van der Waals surface area contributed by atoms with Crippen LogP contribution in [0.4, 0.5) is 0 Å². The van der Waals surface area contributed by atoms with Crippen molar-refractivity contribution in [1.29, 1.82) is 0 Å². The molecule has 0 spiro atoms. The maximum absolute atomic E-state index is 6.12. The third-order valence-electron chi connectivity index (χ3n) is 4.57. The molecule has 0 bridgehead atoms. The minimum Gasteiger partial charge on any atom is -0.375 e. The van der Waals surface area contributed by atoms with Crippen molar-refractivity contribution in [2.75, 3.05) is 19.7 Å². The highest BCUT2D eigenvalue weighted by atomic mass is 16.6. The lowest BCUT2D eigenvalue weighted by molar-refractivity contribution is -0.0757. The molecule has 0 amide bonds. The maximum Gasteiger partial charge on any atom is 0.135 e. The first kappa shape index (κ1) is 16.2. The average Bonchev–Trinajstić information content (AvgIpc) is 3.17. The fraction of sp³-hybridized carbons (Fsp3) is 1.00. The molecule has 1 saturated heterocycles. The number of hydrogen-bond donors (Lipinski definition) is 2. The summed E-state index contributed by atoms with van der Waals surface area (Å²) < 4.78 is 11.9. The Hall–Kier alpha value is -0.160. The second kappa shape index (κ2) is 7.21. The molecule has 1 aliphatic carbocycles. The number of hydrogen-bond acceptors (Lipinski definition) is 4. The van der Waals surface area contributed by atoms with Gasteiger partial charge in [0, 0.05) is 6.61 Å². The molecule has 0 aromatic carbocycles. The number of rotatable bonds is 8. The number of ether oxygens (including phenoxy) is 2. The van der Waals surface area contributed by atoms with Gasteiger partial charge in [-0.1, -0.05) is 13.8 Å². The van der Waals surface area contributed by atoms with Crippen molar-refractivity contribution in [1.82, 2.24) is 5.32 Å². The third-order valence-corrected chi connectivity index (χ3v) is 4.57. The van der Waals surface area contributed by atoms with Gasteiger partial charge in [0.15, 0.2) is 0 Å². The first-order valence-corrected chi connectivity index (χ1v) is 8.27. The third kappa shape index (κ3) is 4.69. The smallest absolute Gasteiger partial charge is 0.135 e. The van der Waals surface area contributed by atoms with Crippen molar-refractivity contribution in [2.45, 2.75) is 70.8 Å². The van der Waals surface area contributed by atoms with Gasteiger partial charge in [0.1, 0.15) is 12.3 Å². The van der Waals surface area contributed by atoms with E-state index in [-0.39, 0.29) is 11.8 Å². The van der Waals surface area contributed by atoms with Gasteiger partial charge in [-0.2, -0.15) is 0 Å². The monoisotopic (exact) mass is 284 g/mol. The van der Waals surface area contributed by atoms with Crippen LogP contribution in [0.15, 0.2) is 0 Å². The van der Waals surface area contributed by atoms with Crippen molar-refractivity contribution in [3.8, 4) is 0 Å². The zero-order valence-electron chi connectivity index (χ0n) is 13.4. The van der Waals surface area contributed by atoms with E-state index in [0.29, 0.717) is 17.9 Å². The van der Waals surface area contributed by atoms with E-state index in [4.69, 9.17) is 15.2 Å². The first-order chi connectivity index (χ1) is 9.54. The fourth-order valence-corrected chi connectivity index (χ4v) is 3.08. The van der Waals surface area contributed by atoms with Gasteiger partial charge in [0.25, 0.3) is 0 Å². The quantitative estimate of drug-likeness (QED) is 0.530. The maximum atomic E-state index is 6.12. The molecule has 1 saturated carbocycles. The molecule has 0 radical (unpaired) electrons. The summed E-state index contributed by atoms with van der Waals surface area (Å²) in [5, 5.41) is 3.43. The Morgan fingerprint density at radius 2 is 2.05 bits per heavy atom. The van der Waals surface area contributed by atoms with Crippen LogP contribution >= 0.6 is 0 Å². The van der Waals surface area contributed by atoms with Gasteiger partial charge in [-0.25, -0.2) is 0 Å². The second-order valence-electron chi connectivity index (χ2n) is 7.11. The van der Waals surface area contributed by atoms with Crippen molar-refractivity contribution in [3.05, 3.63) is 0 Å². The summed E-state index contributed by atoms with van der Waals surface area (Å²) in [7, 11) is 0. The Balaban J connectivity index is 1.65. The molecule has 2 rings (SSSR count). The van der Waals surface area contributed by atoms with E-state index in [2.05, 4.69) is 26.1 Å². The summed E-state index contributed by atoms with van der Waals surface area (Å²) >= 11 is 0. The second-order valence-corrected chi connectivity index (χ2v) is 7.11. The van der Waals surface area contributed by atoms with Crippen LogP contribution in [0.1, 0.15) is 52.9 Å². The molecule has 0 aromatic heterocycles. The fourth-order valence-electron chi connectivity index (χ4n) is 3.08. The van der Waals surface area contributed by atoms with Crippen molar-refractivity contribution < 1.29 is 9.47 Å². The topological polar surface area (TPSA) is 59.8 Å². The van der Waals surface area contributed by atoms with Gasteiger partial charge in [-0.15, -0.1) is 0 Å². The summed E-state index contributed by atoms with van der Waals surface area (Å²) in [6, 6.07) is 0. The minimum absolute atomic E-state index is 0.0954. The van der Waals surface area contributed by atoms with Gasteiger partial charge in [-0.3, -0.25) is 5.32 Å². The number of epoxide rings is 1. The Morgan fingerprint density at radius 1 is 1.35 bits per heavy atom. The zero-order chi connectivity index (χ0) is 14.6. The number of nitrogens with one attached hydrogen (secondary N) is 1. The molecule has 2 atom stereocenters. The molecule has 2 fully saturated rings. The van der Waals surface area contributed by atoms with E-state index < -0.39 is 0 Å². The van der Waals surface area contributed by atoms with Crippen molar-refractivity contribution >= 4 is 0 Å². The predicted molar refractivity (Wildman–Crippen MR) is 81.5 cm³/mol. The molecule has 0 aromatic rings. The predicted octanol–water partition coefficient (Wildman–Crippen LogP) is 2.27. The summed E-state index contributed by atoms with van der Waals surface area (Å²) in [4.78, 5) is 0. The lowest BCUT2D eigenvalue weighted by Gasteiger charge is -2.37. The normalized spacial score (nSPS) is 37.4. The van der Waals surface area contributed by atoms with Crippen LogP contribution in [0.3, 0.4) is 0 Å². The van der Waals surface area contributed by atoms with Crippen LogP contribution in [0.5, 0.6) is 0 Å². The van der Waals surface area contributed by atoms with Crippen LogP contribution in [-0.2, 0) is 9.47 Å². The molecule has 1 heterocycles. The summed E-state index contributed by atoms with van der Waals surface area (Å²) in [5.41, 5.74) is 5.59. The Kier molecular flexibility index (Phi) is 5.84. The lowest BCUT2D eigenvalue weighted by atomic mass is 9.78. The van der Waals surface area contributed by atoms with E-state index >= 15 is 0 Å². The Morgan fingerprint density at radius 3 is 2.65 bits per heavy atom. The van der Waals surface area contributed by atoms with Crippen molar-refractivity contribution in [3.63, 3.8) is 0 Å². The summed E-state index contributed by atoms with van der Waals surface area (Å²) in [6.45, 7) is 9.30. The standard InChI is InChI=1S/C16H32N2O2/c1-12(2)11-19-16(3)7-5-13(6-8-16)14-15(20-14)18-10-4-9-17/h12-15,18H,4-11,17H2,1-3H3. The van der Waals surface area contributed by atoms with Crippen molar-refractivity contribution in [2.24, 2.45) is 17.6 Å². The Labute approximate surface area is 123 Å². The highest BCUT2D eigenvalue weighted by molar-refractivity contribution is 4.94. The molecule has 4 nitrogen and oxygen atoms in total. The molecule has 20 heavy (non-hydrogen) atoms. The molecular formula is C16H32N2O2. The summed E-state index contributed by atoms with van der Waals surface area (Å²) in [6.07, 6.45) is 6.54. The van der Waals surface area contributed by atoms with E-state index in [9.17, 15) is 0 Å². The highest BCUT2D eigenvalue weighted by Gasteiger charge is 2.47. The van der Waals surface area contributed by atoms with Gasteiger partial charge in [-0.05, 0) is 64.0 Å². The molecule has 3 N–H and O–H groups in total. The largest absolute Gasteiger partial charge is 0.375 e. The van der Waals surface area contributed by atoms with Crippen LogP contribution < -0.4 is 11.1 Å². The minimum atomic E-state index is 0.0954. The van der Waals surface area contributed by atoms with E-state index in [1.165, 1.54) is 25.7 Å². The van der Waals surface area contributed by atoms with E-state index in [1.807, 2.05) is 0 Å². The molecule has 4 heteroatoms. The molecule has 2 unspecified atom stereocenters. The lowest BCUT2D eigenvalue weighted by Crippen LogP contribution is -2.37. The Bertz CT molecular complexity index is 288. The molecule has 118 valence electrons. The van der Waals surface area contributed by atoms with Gasteiger partial charge in [0.2, 0.25) is 0 Å². The van der Waals surface area contributed by atoms with Crippen LogP contribution in [0, 0.1) is 11.8 Å². The van der Waals surface area contributed by atoms with E-state index in [0.717, 1.165) is 26.1 Å². The first-order valence-electron chi connectivity index (χ1n) is 8.27. The van der Waals surface area contributed by atoms with Crippen LogP contribution in [0.25, 0.3) is 0 Å². The van der Waals surface area contributed by atoms with Gasteiger partial charge >= 0.3 is 0 Å². The zero-order valence-corrected chi connectivity index (χ0v) is 13.4. The van der Waals surface area contributed by atoms with Gasteiger partial charge in [0.05, 0.1) is 5.60 Å². The van der Waals surface area contributed by atoms with Crippen LogP contribution in [0.2, 0.25) is 0 Å². The number of nitrogens with two attached hydrogens (primary N) is 1. The molecule has 1 aliphatic heterocycles. The molecular weight excluding hydrogens is 252 g/mol. The van der Waals surface area contributed by atoms with E-state index in [1.54, 1.807) is 0 Å². The SMILES string of the molecule is CC(C)COC1(C)CCC(C2OC2NCCCN)CC1.